The minimum Gasteiger partial charge on any atom is -0.481 e. The third-order valence-corrected chi connectivity index (χ3v) is 3.82. The maximum Gasteiger partial charge on any atom is 0.311 e. The van der Waals surface area contributed by atoms with E-state index in [9.17, 15) is 14.7 Å². The average molecular weight is 277 g/mol. The fourth-order valence-electron chi connectivity index (χ4n) is 2.49. The number of methoxy groups -OCH3 is 1. The van der Waals surface area contributed by atoms with Crippen LogP contribution in [0.3, 0.4) is 0 Å². The molecule has 20 heavy (non-hydrogen) atoms. The lowest BCUT2D eigenvalue weighted by atomic mass is 9.90. The number of amides is 1. The van der Waals surface area contributed by atoms with Gasteiger partial charge in [0.15, 0.2) is 0 Å². The van der Waals surface area contributed by atoms with E-state index >= 15 is 0 Å². The molecule has 1 atom stereocenters. The number of likely N-dealkylation sites (tertiary alicyclic amines) is 1. The number of nitrogens with zero attached hydrogens (tertiary/aromatic N) is 1. The maximum absolute atomic E-state index is 12.5. The lowest BCUT2D eigenvalue weighted by Crippen LogP contribution is -2.35. The van der Waals surface area contributed by atoms with Crippen molar-refractivity contribution < 1.29 is 19.4 Å². The summed E-state index contributed by atoms with van der Waals surface area (Å²) in [6, 6.07) is 7.27. The number of benzene rings is 1. The van der Waals surface area contributed by atoms with Gasteiger partial charge in [0.2, 0.25) is 0 Å². The molecule has 1 fully saturated rings. The first-order valence-corrected chi connectivity index (χ1v) is 6.57. The number of ether oxygens (including phenoxy) is 1. The molecule has 0 saturated carbocycles. The van der Waals surface area contributed by atoms with Gasteiger partial charge in [-0.1, -0.05) is 18.2 Å². The van der Waals surface area contributed by atoms with Crippen LogP contribution in [0.5, 0.6) is 0 Å². The second-order valence-corrected chi connectivity index (χ2v) is 5.43. The SMILES string of the molecule is COCc1ccccc1C(=O)N1CC[C@](C)(C(=O)O)C1. The molecule has 1 aromatic rings. The molecule has 5 heteroatoms. The van der Waals surface area contributed by atoms with Crippen molar-refractivity contribution in [3.05, 3.63) is 35.4 Å². The molecule has 1 N–H and O–H groups in total. The summed E-state index contributed by atoms with van der Waals surface area (Å²) in [6.07, 6.45) is 0.487. The molecule has 0 aliphatic carbocycles. The maximum atomic E-state index is 12.5. The smallest absolute Gasteiger partial charge is 0.311 e. The number of rotatable bonds is 4. The van der Waals surface area contributed by atoms with Crippen LogP contribution >= 0.6 is 0 Å². The van der Waals surface area contributed by atoms with Crippen molar-refractivity contribution in [1.29, 1.82) is 0 Å². The number of carbonyl (C=O) groups excluding carboxylic acids is 1. The summed E-state index contributed by atoms with van der Waals surface area (Å²) in [5, 5.41) is 9.22. The zero-order valence-electron chi connectivity index (χ0n) is 11.8. The molecule has 2 rings (SSSR count). The van der Waals surface area contributed by atoms with Crippen LogP contribution in [0.4, 0.5) is 0 Å². The molecule has 5 nitrogen and oxygen atoms in total. The third kappa shape index (κ3) is 2.67. The Kier molecular flexibility index (Phi) is 4.09. The summed E-state index contributed by atoms with van der Waals surface area (Å²) in [6.45, 7) is 2.78. The van der Waals surface area contributed by atoms with Crippen molar-refractivity contribution in [3.8, 4) is 0 Å². The Bertz CT molecular complexity index is 528. The van der Waals surface area contributed by atoms with Gasteiger partial charge >= 0.3 is 5.97 Å². The molecule has 1 amide bonds. The van der Waals surface area contributed by atoms with Crippen molar-refractivity contribution in [3.63, 3.8) is 0 Å². The van der Waals surface area contributed by atoms with Crippen LogP contribution in [-0.2, 0) is 16.1 Å². The van der Waals surface area contributed by atoms with Crippen LogP contribution in [0.1, 0.15) is 29.3 Å². The van der Waals surface area contributed by atoms with Gasteiger partial charge in [-0.3, -0.25) is 9.59 Å². The largest absolute Gasteiger partial charge is 0.481 e. The molecular formula is C15H19NO4. The Morgan fingerprint density at radius 3 is 2.70 bits per heavy atom. The average Bonchev–Trinajstić information content (AvgIpc) is 2.83. The highest BCUT2D eigenvalue weighted by atomic mass is 16.5. The molecule has 1 saturated heterocycles. The monoisotopic (exact) mass is 277 g/mol. The first kappa shape index (κ1) is 14.5. The van der Waals surface area contributed by atoms with Crippen LogP contribution in [0.25, 0.3) is 0 Å². The standard InChI is InChI=1S/C15H19NO4/c1-15(14(18)19)7-8-16(10-15)13(17)12-6-4-3-5-11(12)9-20-2/h3-6H,7-10H2,1-2H3,(H,18,19)/t15-/m0/s1. The topological polar surface area (TPSA) is 66.8 Å². The Balaban J connectivity index is 2.19. The van der Waals surface area contributed by atoms with E-state index in [1.165, 1.54) is 0 Å². The van der Waals surface area contributed by atoms with Crippen molar-refractivity contribution in [2.24, 2.45) is 5.41 Å². The van der Waals surface area contributed by atoms with E-state index in [0.29, 0.717) is 25.1 Å². The third-order valence-electron chi connectivity index (χ3n) is 3.82. The van der Waals surface area contributed by atoms with Crippen molar-refractivity contribution >= 4 is 11.9 Å². The van der Waals surface area contributed by atoms with E-state index in [1.54, 1.807) is 31.1 Å². The van der Waals surface area contributed by atoms with Gasteiger partial charge in [0.1, 0.15) is 0 Å². The molecular weight excluding hydrogens is 258 g/mol. The minimum atomic E-state index is -0.849. The molecule has 0 spiro atoms. The first-order chi connectivity index (χ1) is 9.48. The predicted octanol–water partition coefficient (Wildman–Crippen LogP) is 1.77. The van der Waals surface area contributed by atoms with Gasteiger partial charge < -0.3 is 14.7 Å². The van der Waals surface area contributed by atoms with Gasteiger partial charge in [-0.05, 0) is 25.0 Å². The van der Waals surface area contributed by atoms with Crippen molar-refractivity contribution in [2.45, 2.75) is 20.0 Å². The summed E-state index contributed by atoms with van der Waals surface area (Å²) in [7, 11) is 1.58. The lowest BCUT2D eigenvalue weighted by Gasteiger charge is -2.21. The molecule has 0 aromatic heterocycles. The predicted molar refractivity (Wildman–Crippen MR) is 73.4 cm³/mol. The zero-order valence-corrected chi connectivity index (χ0v) is 11.8. The van der Waals surface area contributed by atoms with Crippen molar-refractivity contribution in [2.75, 3.05) is 20.2 Å². The Morgan fingerprint density at radius 2 is 2.10 bits per heavy atom. The second kappa shape index (κ2) is 5.63. The molecule has 1 aliphatic heterocycles. The lowest BCUT2D eigenvalue weighted by molar-refractivity contribution is -0.147. The molecule has 0 radical (unpaired) electrons. The highest BCUT2D eigenvalue weighted by Gasteiger charge is 2.42. The molecule has 1 aliphatic rings. The quantitative estimate of drug-likeness (QED) is 0.910. The number of carboxylic acids is 1. The van der Waals surface area contributed by atoms with E-state index in [0.717, 1.165) is 5.56 Å². The number of hydrogen-bond donors (Lipinski definition) is 1. The summed E-state index contributed by atoms with van der Waals surface area (Å²) < 4.78 is 5.10. The van der Waals surface area contributed by atoms with Gasteiger partial charge in [-0.25, -0.2) is 0 Å². The van der Waals surface area contributed by atoms with Crippen LogP contribution in [0.15, 0.2) is 24.3 Å². The van der Waals surface area contributed by atoms with E-state index in [-0.39, 0.29) is 12.5 Å². The van der Waals surface area contributed by atoms with Crippen LogP contribution < -0.4 is 0 Å². The Morgan fingerprint density at radius 1 is 1.40 bits per heavy atom. The highest BCUT2D eigenvalue weighted by molar-refractivity contribution is 5.96. The summed E-state index contributed by atoms with van der Waals surface area (Å²) in [5.74, 6) is -0.972. The highest BCUT2D eigenvalue weighted by Crippen LogP contribution is 2.31. The van der Waals surface area contributed by atoms with Gasteiger partial charge in [0, 0.05) is 25.8 Å². The summed E-state index contributed by atoms with van der Waals surface area (Å²) >= 11 is 0. The Labute approximate surface area is 118 Å². The number of carbonyl (C=O) groups is 2. The Hall–Kier alpha value is -1.88. The van der Waals surface area contributed by atoms with E-state index < -0.39 is 11.4 Å². The first-order valence-electron chi connectivity index (χ1n) is 6.57. The molecule has 0 bridgehead atoms. The van der Waals surface area contributed by atoms with Crippen LogP contribution in [0.2, 0.25) is 0 Å². The van der Waals surface area contributed by atoms with Crippen LogP contribution in [-0.4, -0.2) is 42.1 Å². The van der Waals surface area contributed by atoms with Gasteiger partial charge in [-0.15, -0.1) is 0 Å². The normalized spacial score (nSPS) is 22.0. The summed E-state index contributed by atoms with van der Waals surface area (Å²) in [4.78, 5) is 25.4. The van der Waals surface area contributed by atoms with Crippen LogP contribution in [0, 0.1) is 5.41 Å². The van der Waals surface area contributed by atoms with E-state index in [1.807, 2.05) is 12.1 Å². The van der Waals surface area contributed by atoms with Gasteiger partial charge in [-0.2, -0.15) is 0 Å². The molecule has 0 unspecified atom stereocenters. The number of carboxylic acid groups (broad SMARTS) is 1. The molecule has 108 valence electrons. The van der Waals surface area contributed by atoms with E-state index in [4.69, 9.17) is 4.74 Å². The van der Waals surface area contributed by atoms with Gasteiger partial charge in [0.25, 0.3) is 5.91 Å². The fourth-order valence-corrected chi connectivity index (χ4v) is 2.49. The van der Waals surface area contributed by atoms with E-state index in [2.05, 4.69) is 0 Å². The number of hydrogen-bond acceptors (Lipinski definition) is 3. The zero-order chi connectivity index (χ0) is 14.8. The minimum absolute atomic E-state index is 0.123. The number of aliphatic carboxylic acids is 1. The fraction of sp³-hybridized carbons (Fsp3) is 0.467. The second-order valence-electron chi connectivity index (χ2n) is 5.43. The van der Waals surface area contributed by atoms with Gasteiger partial charge in [0.05, 0.1) is 12.0 Å². The summed E-state index contributed by atoms with van der Waals surface area (Å²) in [5.41, 5.74) is 0.569. The molecule has 1 heterocycles. The van der Waals surface area contributed by atoms with Crippen molar-refractivity contribution in [1.82, 2.24) is 4.90 Å². The molecule has 1 aromatic carbocycles.